The van der Waals surface area contributed by atoms with Crippen molar-refractivity contribution < 1.29 is 94.4 Å². The first-order valence-corrected chi connectivity index (χ1v) is 24.3. The van der Waals surface area contributed by atoms with Gasteiger partial charge < -0.3 is 94.4 Å². The molecule has 0 aromatic rings. The molecule has 8 rings (SSSR count). The van der Waals surface area contributed by atoms with E-state index in [1.54, 1.807) is 13.8 Å². The van der Waals surface area contributed by atoms with Gasteiger partial charge in [-0.15, -0.1) is 0 Å². The fourth-order valence-electron chi connectivity index (χ4n) is 15.2. The Morgan fingerprint density at radius 3 is 1.95 bits per heavy atom. The summed E-state index contributed by atoms with van der Waals surface area (Å²) in [6, 6.07) is 0. The van der Waals surface area contributed by atoms with Gasteiger partial charge in [0.05, 0.1) is 55.4 Å². The molecule has 0 aromatic carbocycles. The third kappa shape index (κ3) is 8.26. The normalized spacial score (nSPS) is 56.4. The van der Waals surface area contributed by atoms with Crippen LogP contribution >= 0.6 is 0 Å². The Bertz CT molecular complexity index is 1700. The van der Waals surface area contributed by atoms with Gasteiger partial charge in [-0.3, -0.25) is 0 Å². The lowest BCUT2D eigenvalue weighted by molar-refractivity contribution is -0.381. The second-order valence-electron chi connectivity index (χ2n) is 23.6. The summed E-state index contributed by atoms with van der Waals surface area (Å²) in [4.78, 5) is 0. The third-order valence-electron chi connectivity index (χ3n) is 19.1. The fraction of sp³-hybridized carbons (Fsp3) is 1.00. The van der Waals surface area contributed by atoms with Gasteiger partial charge in [-0.1, -0.05) is 34.6 Å². The summed E-state index contributed by atoms with van der Waals surface area (Å²) in [7, 11) is 0. The first-order chi connectivity index (χ1) is 30.6. The van der Waals surface area contributed by atoms with Gasteiger partial charge in [0.2, 0.25) is 0 Å². The number of hydrogen-bond donors (Lipinski definition) is 12. The van der Waals surface area contributed by atoms with Gasteiger partial charge in [0.25, 0.3) is 0 Å². The van der Waals surface area contributed by atoms with Crippen LogP contribution in [0.25, 0.3) is 0 Å². The highest BCUT2D eigenvalue weighted by Gasteiger charge is 2.74. The van der Waals surface area contributed by atoms with Gasteiger partial charge in [-0.2, -0.15) is 0 Å². The molecule has 0 unspecified atom stereocenters. The molecule has 66 heavy (non-hydrogen) atoms. The van der Waals surface area contributed by atoms with E-state index < -0.39 is 157 Å². The Kier molecular flexibility index (Phi) is 14.1. The van der Waals surface area contributed by atoms with Crippen LogP contribution in [-0.4, -0.2) is 203 Å². The molecule has 12 N–H and O–H groups in total. The number of ether oxygens (including phenoxy) is 7. The number of aliphatic hydroxyl groups is 12. The topological polar surface area (TPSA) is 307 Å². The Hall–Kier alpha value is -0.760. The molecule has 0 bridgehead atoms. The zero-order chi connectivity index (χ0) is 48.4. The lowest BCUT2D eigenvalue weighted by Crippen LogP contribution is -2.71. The van der Waals surface area contributed by atoms with Crippen molar-refractivity contribution in [3.8, 4) is 0 Å². The molecule has 4 saturated carbocycles. The maximum atomic E-state index is 12.5. The standard InChI is InChI=1S/C47H80O19/c1-42(2)27(51)10-12-44(5)26-15-21(49)29-20(47(8)14-11-28(66-47)43(3,4)59)9-13-45(29,6)46(26,7)16-23(38(42)44)62-41-37(65-40-35(57)30(52)22(50)18-60-40)34(56)32(54)25(64-41)19-61-39-36(58)33(55)31(53)24(17-48)63-39/h20-41,48-59H,9-19H2,1-8H3/t20-,21+,22+,23-,24+,25+,26+,27-,28-,29-,30-,31+,32+,33-,34-,35+,36+,37+,38+,39-,40-,41+,44+,45+,46+,47-/m0/s1. The summed E-state index contributed by atoms with van der Waals surface area (Å²) < 4.78 is 43.6. The number of fused-ring (bicyclic) bond motifs is 5. The molecule has 4 saturated heterocycles. The molecule has 4 aliphatic carbocycles. The SMILES string of the molecule is CC(C)(O)[C@@H]1CC[C@@](C)([C@H]2CC[C@]3(C)[C@@H]2[C@H](O)C[C@@H]2[C@@]4(C)CC[C@H](O)C(C)(C)[C@H]4[C@@H](O[C@@H]4O[C@H](CO[C@H]5O[C@H](CO)[C@@H](O)[C@H](O)[C@H]5O)[C@@H](O)[C@H](O)[C@H]4O[C@@H]4OC[C@@H](O)[C@H](O)[C@H]4O)C[C@]23C)O1. The first-order valence-electron chi connectivity index (χ1n) is 24.3. The van der Waals surface area contributed by atoms with Crippen LogP contribution in [-0.2, 0) is 33.2 Å². The van der Waals surface area contributed by atoms with Crippen molar-refractivity contribution >= 4 is 0 Å². The molecule has 0 radical (unpaired) electrons. The molecule has 4 heterocycles. The third-order valence-corrected chi connectivity index (χ3v) is 19.1. The van der Waals surface area contributed by atoms with Gasteiger partial charge in [-0.05, 0) is 117 Å². The van der Waals surface area contributed by atoms with Gasteiger partial charge in [0.15, 0.2) is 18.9 Å². The molecular formula is C47H80O19. The maximum Gasteiger partial charge on any atom is 0.187 e. The Morgan fingerprint density at radius 1 is 0.652 bits per heavy atom. The summed E-state index contributed by atoms with van der Waals surface area (Å²) in [5, 5.41) is 132. The van der Waals surface area contributed by atoms with Crippen LogP contribution in [0.3, 0.4) is 0 Å². The number of aliphatic hydroxyl groups excluding tert-OH is 11. The minimum absolute atomic E-state index is 0.00604. The zero-order valence-electron chi connectivity index (χ0n) is 39.7. The molecule has 8 aliphatic rings. The van der Waals surface area contributed by atoms with Crippen molar-refractivity contribution in [1.29, 1.82) is 0 Å². The van der Waals surface area contributed by atoms with Crippen molar-refractivity contribution in [2.24, 2.45) is 45.3 Å². The quantitative estimate of drug-likeness (QED) is 0.114. The Morgan fingerprint density at radius 2 is 1.30 bits per heavy atom. The van der Waals surface area contributed by atoms with Crippen molar-refractivity contribution in [2.75, 3.05) is 19.8 Å². The van der Waals surface area contributed by atoms with E-state index in [9.17, 15) is 61.3 Å². The summed E-state index contributed by atoms with van der Waals surface area (Å²) >= 11 is 0. The van der Waals surface area contributed by atoms with Crippen LogP contribution in [0.15, 0.2) is 0 Å². The summed E-state index contributed by atoms with van der Waals surface area (Å²) in [6.07, 6.45) is -20.0. The number of hydrogen-bond acceptors (Lipinski definition) is 19. The van der Waals surface area contributed by atoms with E-state index in [0.717, 1.165) is 19.3 Å². The monoisotopic (exact) mass is 949 g/mol. The van der Waals surface area contributed by atoms with Crippen LogP contribution < -0.4 is 0 Å². The van der Waals surface area contributed by atoms with E-state index in [4.69, 9.17) is 33.2 Å². The van der Waals surface area contributed by atoms with E-state index in [1.807, 2.05) is 13.8 Å². The molecule has 26 atom stereocenters. The molecule has 382 valence electrons. The van der Waals surface area contributed by atoms with Crippen molar-refractivity contribution in [2.45, 2.75) is 228 Å². The molecular weight excluding hydrogens is 868 g/mol. The Balaban J connectivity index is 1.14. The van der Waals surface area contributed by atoms with E-state index in [-0.39, 0.29) is 29.8 Å². The van der Waals surface area contributed by atoms with E-state index in [0.29, 0.717) is 32.1 Å². The van der Waals surface area contributed by atoms with Crippen LogP contribution in [0.4, 0.5) is 0 Å². The first kappa shape index (κ1) is 51.6. The minimum Gasteiger partial charge on any atom is -0.394 e. The average molecular weight is 949 g/mol. The van der Waals surface area contributed by atoms with Gasteiger partial charge in [0, 0.05) is 0 Å². The van der Waals surface area contributed by atoms with Gasteiger partial charge in [-0.25, -0.2) is 0 Å². The fourth-order valence-corrected chi connectivity index (χ4v) is 15.2. The summed E-state index contributed by atoms with van der Waals surface area (Å²) in [6.45, 7) is 14.8. The van der Waals surface area contributed by atoms with Crippen molar-refractivity contribution in [3.05, 3.63) is 0 Å². The molecule has 8 fully saturated rings. The summed E-state index contributed by atoms with van der Waals surface area (Å²) in [5.41, 5.74) is -3.84. The van der Waals surface area contributed by atoms with Crippen LogP contribution in [0.2, 0.25) is 0 Å². The lowest BCUT2D eigenvalue weighted by atomic mass is 9.34. The minimum atomic E-state index is -1.82. The predicted octanol–water partition coefficient (Wildman–Crippen LogP) is -1.21. The molecule has 0 spiro atoms. The van der Waals surface area contributed by atoms with Crippen molar-refractivity contribution in [1.82, 2.24) is 0 Å². The predicted molar refractivity (Wildman–Crippen MR) is 228 cm³/mol. The Labute approximate surface area is 387 Å². The molecule has 19 heteroatoms. The lowest BCUT2D eigenvalue weighted by Gasteiger charge is -2.72. The smallest absolute Gasteiger partial charge is 0.187 e. The van der Waals surface area contributed by atoms with E-state index in [1.165, 1.54) is 0 Å². The molecule has 19 nitrogen and oxygen atoms in total. The molecule has 4 aliphatic heterocycles. The van der Waals surface area contributed by atoms with Crippen LogP contribution in [0.5, 0.6) is 0 Å². The van der Waals surface area contributed by atoms with Gasteiger partial charge in [0.1, 0.15) is 67.1 Å². The van der Waals surface area contributed by atoms with Gasteiger partial charge >= 0.3 is 0 Å². The van der Waals surface area contributed by atoms with E-state index >= 15 is 0 Å². The maximum absolute atomic E-state index is 12.5. The van der Waals surface area contributed by atoms with Crippen LogP contribution in [0.1, 0.15) is 107 Å². The van der Waals surface area contributed by atoms with E-state index in [2.05, 4.69) is 27.7 Å². The molecule has 0 amide bonds. The molecule has 0 aromatic heterocycles. The van der Waals surface area contributed by atoms with Crippen molar-refractivity contribution in [3.63, 3.8) is 0 Å². The average Bonchev–Trinajstić information content (AvgIpc) is 3.85. The highest BCUT2D eigenvalue weighted by molar-refractivity contribution is 5.22. The second-order valence-corrected chi connectivity index (χ2v) is 23.6. The highest BCUT2D eigenvalue weighted by Crippen LogP contribution is 2.76. The zero-order valence-corrected chi connectivity index (χ0v) is 39.7. The second kappa shape index (κ2) is 18.1. The summed E-state index contributed by atoms with van der Waals surface area (Å²) in [5.74, 6) is -0.566. The largest absolute Gasteiger partial charge is 0.394 e. The number of rotatable bonds is 10. The van der Waals surface area contributed by atoms with Crippen LogP contribution in [0, 0.1) is 45.3 Å². The highest BCUT2D eigenvalue weighted by atomic mass is 16.8.